The van der Waals surface area contributed by atoms with Crippen LogP contribution in [0.1, 0.15) is 25.7 Å². The van der Waals surface area contributed by atoms with Crippen LogP contribution in [-0.4, -0.2) is 164 Å². The molecule has 0 spiro atoms. The Kier molecular flexibility index (Phi) is 14.2. The van der Waals surface area contributed by atoms with Gasteiger partial charge in [0.05, 0.1) is 13.1 Å². The van der Waals surface area contributed by atoms with Gasteiger partial charge in [-0.3, -0.25) is 48.4 Å². The first-order chi connectivity index (χ1) is 17.8. The van der Waals surface area contributed by atoms with Crippen molar-refractivity contribution in [2.75, 3.05) is 65.4 Å². The third-order valence-corrected chi connectivity index (χ3v) is 6.25. The molecule has 1 aliphatic heterocycles. The summed E-state index contributed by atoms with van der Waals surface area (Å²) in [5, 5.41) is 56.2. The molecule has 0 aromatic rings. The normalized spacial score (nSPS) is 18.9. The van der Waals surface area contributed by atoms with Gasteiger partial charge < -0.3 is 30.6 Å². The molecule has 38 heavy (non-hydrogen) atoms. The number of hydrogen-bond donors (Lipinski definition) is 6. The lowest BCUT2D eigenvalue weighted by Crippen LogP contribution is -2.53. The lowest BCUT2D eigenvalue weighted by Gasteiger charge is -2.36. The van der Waals surface area contributed by atoms with Gasteiger partial charge in [-0.25, -0.2) is 0 Å². The standard InChI is InChI=1S/C22H36N4O12/c27-17(28)3-1-15(21(35)36)25-9-5-23(13-19(31)32)7-11-26(16(22(37)38)2-4-18(29)30)12-8-24(6-10-25)14-20(33)34/h15-16H,1-14H2,(H,27,28)(H,29,30)(H,31,32)(H,33,34)(H,35,36)(H,37,38). The van der Waals surface area contributed by atoms with Crippen molar-refractivity contribution in [3.63, 3.8) is 0 Å². The van der Waals surface area contributed by atoms with E-state index in [1.165, 1.54) is 19.6 Å². The number of carboxylic acids is 6. The molecule has 16 heteroatoms. The second kappa shape index (κ2) is 16.5. The molecule has 16 nitrogen and oxygen atoms in total. The predicted octanol–water partition coefficient (Wildman–Crippen LogP) is -1.99. The number of carbonyl (C=O) groups is 6. The van der Waals surface area contributed by atoms with Crippen molar-refractivity contribution in [1.82, 2.24) is 19.6 Å². The summed E-state index contributed by atoms with van der Waals surface area (Å²) >= 11 is 0. The number of nitrogens with zero attached hydrogens (tertiary/aromatic N) is 4. The minimum absolute atomic E-state index is 0.0339. The smallest absolute Gasteiger partial charge is 0.320 e. The van der Waals surface area contributed by atoms with E-state index in [2.05, 4.69) is 0 Å². The summed E-state index contributed by atoms with van der Waals surface area (Å²) < 4.78 is 0. The van der Waals surface area contributed by atoms with E-state index in [4.69, 9.17) is 10.2 Å². The summed E-state index contributed by atoms with van der Waals surface area (Å²) in [6.45, 7) is -0.479. The molecule has 0 aromatic heterocycles. The average Bonchev–Trinajstić information content (AvgIpc) is 2.78. The molecule has 2 atom stereocenters. The number of carboxylic acid groups (broad SMARTS) is 6. The zero-order valence-corrected chi connectivity index (χ0v) is 21.0. The van der Waals surface area contributed by atoms with Gasteiger partial charge in [0, 0.05) is 65.2 Å². The first-order valence-electron chi connectivity index (χ1n) is 12.1. The second-order valence-corrected chi connectivity index (χ2v) is 8.98. The van der Waals surface area contributed by atoms with Crippen molar-refractivity contribution < 1.29 is 59.4 Å². The Labute approximate surface area is 218 Å². The van der Waals surface area contributed by atoms with Gasteiger partial charge in [-0.1, -0.05) is 0 Å². The molecular weight excluding hydrogens is 512 g/mol. The average molecular weight is 549 g/mol. The maximum Gasteiger partial charge on any atom is 0.320 e. The largest absolute Gasteiger partial charge is 0.481 e. The van der Waals surface area contributed by atoms with Crippen LogP contribution < -0.4 is 0 Å². The van der Waals surface area contributed by atoms with Crippen LogP contribution in [0.15, 0.2) is 0 Å². The molecule has 1 saturated heterocycles. The molecule has 0 radical (unpaired) electrons. The van der Waals surface area contributed by atoms with E-state index in [0.717, 1.165) is 0 Å². The Balaban J connectivity index is 3.26. The van der Waals surface area contributed by atoms with Crippen LogP contribution >= 0.6 is 0 Å². The van der Waals surface area contributed by atoms with Crippen LogP contribution in [0, 0.1) is 0 Å². The highest BCUT2D eigenvalue weighted by molar-refractivity contribution is 5.75. The molecule has 1 heterocycles. The van der Waals surface area contributed by atoms with Crippen LogP contribution in [0.25, 0.3) is 0 Å². The van der Waals surface area contributed by atoms with Crippen molar-refractivity contribution in [3.8, 4) is 0 Å². The molecule has 0 bridgehead atoms. The van der Waals surface area contributed by atoms with Crippen LogP contribution in [-0.2, 0) is 28.8 Å². The summed E-state index contributed by atoms with van der Waals surface area (Å²) in [6, 6.07) is -2.40. The number of aliphatic carboxylic acids is 6. The zero-order valence-electron chi connectivity index (χ0n) is 21.0. The molecule has 1 aliphatic rings. The van der Waals surface area contributed by atoms with E-state index >= 15 is 0 Å². The Morgan fingerprint density at radius 2 is 0.763 bits per heavy atom. The quantitative estimate of drug-likeness (QED) is 0.138. The third-order valence-electron chi connectivity index (χ3n) is 6.25. The van der Waals surface area contributed by atoms with Gasteiger partial charge in [-0.2, -0.15) is 0 Å². The lowest BCUT2D eigenvalue weighted by molar-refractivity contribution is -0.146. The maximum absolute atomic E-state index is 11.9. The molecule has 0 aromatic carbocycles. The van der Waals surface area contributed by atoms with Gasteiger partial charge in [0.1, 0.15) is 12.1 Å². The fourth-order valence-electron chi connectivity index (χ4n) is 4.29. The van der Waals surface area contributed by atoms with Crippen LogP contribution in [0.3, 0.4) is 0 Å². The topological polar surface area (TPSA) is 237 Å². The first-order valence-corrected chi connectivity index (χ1v) is 12.1. The van der Waals surface area contributed by atoms with Crippen molar-refractivity contribution in [1.29, 1.82) is 0 Å². The summed E-state index contributed by atoms with van der Waals surface area (Å²) in [4.78, 5) is 74.8. The molecule has 1 fully saturated rings. The highest BCUT2D eigenvalue weighted by atomic mass is 16.4. The second-order valence-electron chi connectivity index (χ2n) is 8.98. The minimum Gasteiger partial charge on any atom is -0.481 e. The lowest BCUT2D eigenvalue weighted by atomic mass is 10.1. The van der Waals surface area contributed by atoms with Gasteiger partial charge in [0.25, 0.3) is 0 Å². The predicted molar refractivity (Wildman–Crippen MR) is 128 cm³/mol. The van der Waals surface area contributed by atoms with E-state index < -0.39 is 73.8 Å². The van der Waals surface area contributed by atoms with Gasteiger partial charge in [0.15, 0.2) is 0 Å². The van der Waals surface area contributed by atoms with Crippen LogP contribution in [0.2, 0.25) is 0 Å². The van der Waals surface area contributed by atoms with E-state index in [1.807, 2.05) is 0 Å². The molecule has 0 amide bonds. The van der Waals surface area contributed by atoms with E-state index in [1.54, 1.807) is 0 Å². The van der Waals surface area contributed by atoms with Gasteiger partial charge in [0.2, 0.25) is 0 Å². The highest BCUT2D eigenvalue weighted by Crippen LogP contribution is 2.13. The fourth-order valence-corrected chi connectivity index (χ4v) is 4.29. The van der Waals surface area contributed by atoms with E-state index in [-0.39, 0.29) is 65.2 Å². The first kappa shape index (κ1) is 32.7. The van der Waals surface area contributed by atoms with E-state index in [9.17, 15) is 49.2 Å². The Bertz CT molecular complexity index is 770. The molecule has 216 valence electrons. The van der Waals surface area contributed by atoms with Gasteiger partial charge >= 0.3 is 35.8 Å². The molecular formula is C22H36N4O12. The van der Waals surface area contributed by atoms with Gasteiger partial charge in [-0.15, -0.1) is 0 Å². The van der Waals surface area contributed by atoms with Crippen LogP contribution in [0.4, 0.5) is 0 Å². The summed E-state index contributed by atoms with van der Waals surface area (Å²) in [5.41, 5.74) is 0. The van der Waals surface area contributed by atoms with Crippen LogP contribution in [0.5, 0.6) is 0 Å². The SMILES string of the molecule is O=C(O)CCC(C(=O)O)N1CCN(CC(=O)O)CCN(C(CCC(=O)O)C(=O)O)CCN(CC(=O)O)CC1. The van der Waals surface area contributed by atoms with Crippen molar-refractivity contribution in [2.45, 2.75) is 37.8 Å². The molecule has 6 N–H and O–H groups in total. The number of rotatable bonds is 14. The monoisotopic (exact) mass is 548 g/mol. The summed E-state index contributed by atoms with van der Waals surface area (Å²) in [6.07, 6.45) is -1.24. The fraction of sp³-hybridized carbons (Fsp3) is 0.727. The Morgan fingerprint density at radius 3 is 0.974 bits per heavy atom. The van der Waals surface area contributed by atoms with Crippen molar-refractivity contribution >= 4 is 35.8 Å². The minimum atomic E-state index is -1.26. The molecule has 0 aliphatic carbocycles. The molecule has 2 unspecified atom stereocenters. The Morgan fingerprint density at radius 1 is 0.474 bits per heavy atom. The van der Waals surface area contributed by atoms with Gasteiger partial charge in [-0.05, 0) is 12.8 Å². The maximum atomic E-state index is 11.9. The third kappa shape index (κ3) is 12.8. The van der Waals surface area contributed by atoms with Crippen molar-refractivity contribution in [3.05, 3.63) is 0 Å². The molecule has 1 rings (SSSR count). The Hall–Kier alpha value is -3.34. The van der Waals surface area contributed by atoms with E-state index in [0.29, 0.717) is 0 Å². The molecule has 0 saturated carbocycles. The van der Waals surface area contributed by atoms with Crippen molar-refractivity contribution in [2.24, 2.45) is 0 Å². The number of hydrogen-bond acceptors (Lipinski definition) is 10. The zero-order chi connectivity index (χ0) is 28.8. The summed E-state index contributed by atoms with van der Waals surface area (Å²) in [5.74, 6) is -7.21. The summed E-state index contributed by atoms with van der Waals surface area (Å²) in [7, 11) is 0. The highest BCUT2D eigenvalue weighted by Gasteiger charge is 2.30.